The number of amides is 2. The second kappa shape index (κ2) is 11.5. The second-order valence-electron chi connectivity index (χ2n) is 7.14. The fourth-order valence-corrected chi connectivity index (χ4v) is 3.30. The molecule has 0 aliphatic heterocycles. The molecule has 4 N–H and O–H groups in total. The first kappa shape index (κ1) is 21.9. The minimum absolute atomic E-state index is 0.0672. The highest BCUT2D eigenvalue weighted by Crippen LogP contribution is 2.17. The molecule has 1 aromatic rings. The largest absolute Gasteiger partial charge is 0.445 e. The zero-order chi connectivity index (χ0) is 20.4. The van der Waals surface area contributed by atoms with Crippen molar-refractivity contribution in [1.82, 2.24) is 21.5 Å². The first-order valence-corrected chi connectivity index (χ1v) is 10.2. The van der Waals surface area contributed by atoms with Crippen molar-refractivity contribution in [3.63, 3.8) is 0 Å². The lowest BCUT2D eigenvalue weighted by molar-refractivity contribution is -0.124. The molecule has 1 aromatic carbocycles. The number of hydrazine groups is 1. The summed E-state index contributed by atoms with van der Waals surface area (Å²) in [6.07, 6.45) is 4.65. The van der Waals surface area contributed by atoms with Crippen molar-refractivity contribution in [3.05, 3.63) is 35.9 Å². The molecule has 0 aromatic heterocycles. The standard InChI is InChI=1S/C20H30N4O3S/c1-3-14(2)17(22-20(26)27-13-15-9-5-4-6-10-15)18(25)23-24-19(28)21-16-11-7-8-12-16/h4-6,9-10,14,16-17H,3,7-8,11-13H2,1-2H3,(H,22,26)(H,23,25)(H2,21,24,28)/t14-,17-/m0/s1. The van der Waals surface area contributed by atoms with E-state index in [1.807, 2.05) is 44.2 Å². The number of hydrogen-bond acceptors (Lipinski definition) is 4. The van der Waals surface area contributed by atoms with Crippen LogP contribution in [0.25, 0.3) is 0 Å². The van der Waals surface area contributed by atoms with Gasteiger partial charge in [-0.05, 0) is 36.5 Å². The number of rotatable bonds is 7. The minimum atomic E-state index is -0.727. The third kappa shape index (κ3) is 7.34. The molecule has 2 atom stereocenters. The van der Waals surface area contributed by atoms with Gasteiger partial charge < -0.3 is 15.4 Å². The van der Waals surface area contributed by atoms with Crippen LogP contribution in [0.1, 0.15) is 51.5 Å². The number of hydrogen-bond donors (Lipinski definition) is 4. The molecule has 2 rings (SSSR count). The molecule has 8 heteroatoms. The van der Waals surface area contributed by atoms with Gasteiger partial charge >= 0.3 is 6.09 Å². The Hall–Kier alpha value is -2.35. The summed E-state index contributed by atoms with van der Waals surface area (Å²) in [7, 11) is 0. The highest BCUT2D eigenvalue weighted by atomic mass is 32.1. The Morgan fingerprint density at radius 2 is 1.86 bits per heavy atom. The van der Waals surface area contributed by atoms with Crippen LogP contribution in [0.3, 0.4) is 0 Å². The summed E-state index contributed by atoms with van der Waals surface area (Å²) in [6.45, 7) is 4.01. The van der Waals surface area contributed by atoms with Crippen LogP contribution in [0, 0.1) is 5.92 Å². The van der Waals surface area contributed by atoms with Gasteiger partial charge in [0.1, 0.15) is 12.6 Å². The lowest BCUT2D eigenvalue weighted by Gasteiger charge is -2.24. The van der Waals surface area contributed by atoms with Gasteiger partial charge in [-0.2, -0.15) is 0 Å². The Labute approximate surface area is 171 Å². The van der Waals surface area contributed by atoms with E-state index < -0.39 is 12.1 Å². The molecular weight excluding hydrogens is 376 g/mol. The van der Waals surface area contributed by atoms with Crippen LogP contribution in [0.15, 0.2) is 30.3 Å². The van der Waals surface area contributed by atoms with E-state index in [2.05, 4.69) is 21.5 Å². The molecule has 1 saturated carbocycles. The van der Waals surface area contributed by atoms with Gasteiger partial charge in [0.05, 0.1) is 0 Å². The van der Waals surface area contributed by atoms with E-state index in [-0.39, 0.29) is 18.4 Å². The van der Waals surface area contributed by atoms with Crippen LogP contribution < -0.4 is 21.5 Å². The summed E-state index contributed by atoms with van der Waals surface area (Å²) in [6, 6.07) is 9.01. The Bertz CT molecular complexity index is 650. The van der Waals surface area contributed by atoms with Gasteiger partial charge in [-0.25, -0.2) is 4.79 Å². The molecule has 0 heterocycles. The van der Waals surface area contributed by atoms with Gasteiger partial charge in [0, 0.05) is 6.04 Å². The average molecular weight is 407 g/mol. The predicted molar refractivity (Wildman–Crippen MR) is 112 cm³/mol. The molecule has 0 unspecified atom stereocenters. The SMILES string of the molecule is CC[C@H](C)[C@H](NC(=O)OCc1ccccc1)C(=O)NNC(=S)NC1CCCC1. The maximum Gasteiger partial charge on any atom is 0.408 e. The van der Waals surface area contributed by atoms with E-state index in [0.29, 0.717) is 11.2 Å². The molecule has 0 bridgehead atoms. The predicted octanol–water partition coefficient (Wildman–Crippen LogP) is 2.77. The third-order valence-electron chi connectivity index (χ3n) is 4.97. The first-order chi connectivity index (χ1) is 13.5. The summed E-state index contributed by atoms with van der Waals surface area (Å²) in [5.74, 6) is -0.427. The smallest absolute Gasteiger partial charge is 0.408 e. The van der Waals surface area contributed by atoms with Crippen molar-refractivity contribution in [1.29, 1.82) is 0 Å². The topological polar surface area (TPSA) is 91.5 Å². The zero-order valence-electron chi connectivity index (χ0n) is 16.5. The van der Waals surface area contributed by atoms with Crippen molar-refractivity contribution in [2.24, 2.45) is 5.92 Å². The second-order valence-corrected chi connectivity index (χ2v) is 7.55. The summed E-state index contributed by atoms with van der Waals surface area (Å²) in [5.41, 5.74) is 6.20. The molecule has 28 heavy (non-hydrogen) atoms. The molecule has 1 aliphatic rings. The fourth-order valence-electron chi connectivity index (χ4n) is 3.08. The van der Waals surface area contributed by atoms with Gasteiger partial charge in [-0.3, -0.25) is 15.6 Å². The van der Waals surface area contributed by atoms with Crippen molar-refractivity contribution in [2.75, 3.05) is 0 Å². The van der Waals surface area contributed by atoms with Gasteiger partial charge in [0.25, 0.3) is 5.91 Å². The van der Waals surface area contributed by atoms with Crippen molar-refractivity contribution in [2.45, 2.75) is 64.6 Å². The average Bonchev–Trinajstić information content (AvgIpc) is 3.21. The third-order valence-corrected chi connectivity index (χ3v) is 5.19. The lowest BCUT2D eigenvalue weighted by Crippen LogP contribution is -2.56. The minimum Gasteiger partial charge on any atom is -0.445 e. The number of carbonyl (C=O) groups is 2. The maximum absolute atomic E-state index is 12.6. The number of benzene rings is 1. The van der Waals surface area contributed by atoms with Crippen molar-refractivity contribution >= 4 is 29.3 Å². The highest BCUT2D eigenvalue weighted by molar-refractivity contribution is 7.80. The van der Waals surface area contributed by atoms with Gasteiger partial charge in [-0.1, -0.05) is 63.4 Å². The van der Waals surface area contributed by atoms with E-state index in [9.17, 15) is 9.59 Å². The van der Waals surface area contributed by atoms with Gasteiger partial charge in [0.15, 0.2) is 5.11 Å². The molecule has 1 aliphatic carbocycles. The number of nitrogens with one attached hydrogen (secondary N) is 4. The fraction of sp³-hybridized carbons (Fsp3) is 0.550. The molecule has 1 fully saturated rings. The van der Waals surface area contributed by atoms with Crippen LogP contribution in [0.2, 0.25) is 0 Å². The van der Waals surface area contributed by atoms with E-state index in [1.54, 1.807) is 0 Å². The van der Waals surface area contributed by atoms with E-state index >= 15 is 0 Å². The van der Waals surface area contributed by atoms with Gasteiger partial charge in [0.2, 0.25) is 0 Å². The molecular formula is C20H30N4O3S. The summed E-state index contributed by atoms with van der Waals surface area (Å²) >= 11 is 5.22. The summed E-state index contributed by atoms with van der Waals surface area (Å²) < 4.78 is 5.23. The Morgan fingerprint density at radius 1 is 1.18 bits per heavy atom. The number of thiocarbonyl (C=S) groups is 1. The van der Waals surface area contributed by atoms with E-state index in [0.717, 1.165) is 24.8 Å². The highest BCUT2D eigenvalue weighted by Gasteiger charge is 2.27. The Balaban J connectivity index is 1.80. The van der Waals surface area contributed by atoms with Crippen molar-refractivity contribution in [3.8, 4) is 0 Å². The molecule has 0 saturated heterocycles. The van der Waals surface area contributed by atoms with Crippen LogP contribution in [0.5, 0.6) is 0 Å². The van der Waals surface area contributed by atoms with Crippen molar-refractivity contribution < 1.29 is 14.3 Å². The summed E-state index contributed by atoms with van der Waals surface area (Å²) in [4.78, 5) is 24.7. The molecule has 0 radical (unpaired) electrons. The molecule has 0 spiro atoms. The number of alkyl carbamates (subject to hydrolysis) is 1. The van der Waals surface area contributed by atoms with E-state index in [1.165, 1.54) is 12.8 Å². The first-order valence-electron chi connectivity index (χ1n) is 9.83. The zero-order valence-corrected chi connectivity index (χ0v) is 17.3. The Kier molecular flexibility index (Phi) is 9.00. The van der Waals surface area contributed by atoms with E-state index in [4.69, 9.17) is 17.0 Å². The normalized spacial score (nSPS) is 15.9. The number of ether oxygens (including phenoxy) is 1. The van der Waals surface area contributed by atoms with Crippen LogP contribution in [-0.4, -0.2) is 29.2 Å². The van der Waals surface area contributed by atoms with Crippen LogP contribution in [0.4, 0.5) is 4.79 Å². The molecule has 154 valence electrons. The number of carbonyl (C=O) groups excluding carboxylic acids is 2. The summed E-state index contributed by atoms with van der Waals surface area (Å²) in [5, 5.41) is 6.23. The Morgan fingerprint density at radius 3 is 2.50 bits per heavy atom. The van der Waals surface area contributed by atoms with Crippen LogP contribution >= 0.6 is 12.2 Å². The monoisotopic (exact) mass is 406 g/mol. The lowest BCUT2D eigenvalue weighted by atomic mass is 9.99. The molecule has 7 nitrogen and oxygen atoms in total. The quantitative estimate of drug-likeness (QED) is 0.411. The van der Waals surface area contributed by atoms with Crippen LogP contribution in [-0.2, 0) is 16.1 Å². The van der Waals surface area contributed by atoms with Gasteiger partial charge in [-0.15, -0.1) is 0 Å². The maximum atomic E-state index is 12.6. The molecule has 2 amide bonds.